The highest BCUT2D eigenvalue weighted by atomic mass is 14.8. The standard InChI is InChI=1S/C17H21N/c1-13-7-4-5-9-16(13)14(2)17-10-6-8-15(17)11-12-18-3/h4-5,7,9,11-12,18H,2,6,8,10H2,1,3H3/b12-11-. The van der Waals surface area contributed by atoms with E-state index in [2.05, 4.69) is 49.2 Å². The lowest BCUT2D eigenvalue weighted by Crippen LogP contribution is -1.94. The lowest BCUT2D eigenvalue weighted by atomic mass is 9.93. The molecule has 1 aromatic carbocycles. The van der Waals surface area contributed by atoms with Crippen molar-refractivity contribution in [1.82, 2.24) is 5.32 Å². The Labute approximate surface area is 110 Å². The van der Waals surface area contributed by atoms with Crippen LogP contribution >= 0.6 is 0 Å². The van der Waals surface area contributed by atoms with Crippen LogP contribution in [-0.4, -0.2) is 7.05 Å². The van der Waals surface area contributed by atoms with Gasteiger partial charge in [-0.1, -0.05) is 30.8 Å². The number of hydrogen-bond acceptors (Lipinski definition) is 1. The van der Waals surface area contributed by atoms with Gasteiger partial charge in [0.15, 0.2) is 0 Å². The van der Waals surface area contributed by atoms with Crippen LogP contribution in [-0.2, 0) is 0 Å². The van der Waals surface area contributed by atoms with Gasteiger partial charge >= 0.3 is 0 Å². The molecule has 0 aliphatic heterocycles. The molecule has 1 aliphatic rings. The summed E-state index contributed by atoms with van der Waals surface area (Å²) in [5, 5.41) is 3.06. The van der Waals surface area contributed by atoms with E-state index in [1.807, 2.05) is 13.2 Å². The van der Waals surface area contributed by atoms with Crippen LogP contribution in [0.2, 0.25) is 0 Å². The van der Waals surface area contributed by atoms with Crippen molar-refractivity contribution < 1.29 is 0 Å². The Bertz CT molecular complexity index is 506. The van der Waals surface area contributed by atoms with Gasteiger partial charge in [0.05, 0.1) is 0 Å². The van der Waals surface area contributed by atoms with E-state index in [-0.39, 0.29) is 0 Å². The monoisotopic (exact) mass is 239 g/mol. The van der Waals surface area contributed by atoms with E-state index in [1.165, 1.54) is 40.7 Å². The summed E-state index contributed by atoms with van der Waals surface area (Å²) in [6, 6.07) is 8.49. The van der Waals surface area contributed by atoms with E-state index in [1.54, 1.807) is 0 Å². The number of rotatable bonds is 4. The molecule has 0 saturated carbocycles. The summed E-state index contributed by atoms with van der Waals surface area (Å²) in [5.74, 6) is 0. The third kappa shape index (κ3) is 2.56. The minimum absolute atomic E-state index is 1.15. The van der Waals surface area contributed by atoms with Crippen LogP contribution in [0.3, 0.4) is 0 Å². The quantitative estimate of drug-likeness (QED) is 0.829. The molecule has 0 fully saturated rings. The van der Waals surface area contributed by atoms with Gasteiger partial charge in [-0.25, -0.2) is 0 Å². The first-order valence-electron chi connectivity index (χ1n) is 6.55. The van der Waals surface area contributed by atoms with E-state index in [0.717, 1.165) is 6.42 Å². The van der Waals surface area contributed by atoms with Crippen LogP contribution in [0.15, 0.2) is 54.3 Å². The molecular formula is C17H21N. The Morgan fingerprint density at radius 3 is 2.78 bits per heavy atom. The normalized spacial score (nSPS) is 15.4. The molecule has 1 heteroatoms. The van der Waals surface area contributed by atoms with Gasteiger partial charge in [-0.3, -0.25) is 0 Å². The fourth-order valence-corrected chi connectivity index (χ4v) is 2.55. The summed E-state index contributed by atoms with van der Waals surface area (Å²) in [6.07, 6.45) is 7.75. The second-order valence-electron chi connectivity index (χ2n) is 4.77. The molecule has 1 aliphatic carbocycles. The van der Waals surface area contributed by atoms with Crippen molar-refractivity contribution in [2.45, 2.75) is 26.2 Å². The van der Waals surface area contributed by atoms with Crippen molar-refractivity contribution in [2.24, 2.45) is 0 Å². The lowest BCUT2D eigenvalue weighted by molar-refractivity contribution is 0.906. The van der Waals surface area contributed by atoms with Gasteiger partial charge in [0.2, 0.25) is 0 Å². The second kappa shape index (κ2) is 5.72. The Kier molecular flexibility index (Phi) is 4.03. The number of nitrogens with one attached hydrogen (secondary N) is 1. The maximum Gasteiger partial charge on any atom is 0.00277 e. The first-order valence-corrected chi connectivity index (χ1v) is 6.55. The van der Waals surface area contributed by atoms with Crippen molar-refractivity contribution in [3.05, 3.63) is 65.4 Å². The van der Waals surface area contributed by atoms with Crippen molar-refractivity contribution >= 4 is 5.57 Å². The summed E-state index contributed by atoms with van der Waals surface area (Å²) >= 11 is 0. The van der Waals surface area contributed by atoms with Crippen molar-refractivity contribution in [3.8, 4) is 0 Å². The van der Waals surface area contributed by atoms with Crippen LogP contribution in [0.1, 0.15) is 30.4 Å². The van der Waals surface area contributed by atoms with Crippen LogP contribution < -0.4 is 5.32 Å². The predicted molar refractivity (Wildman–Crippen MR) is 79.3 cm³/mol. The molecule has 2 rings (SSSR count). The van der Waals surface area contributed by atoms with Gasteiger partial charge in [-0.15, -0.1) is 0 Å². The molecule has 0 amide bonds. The van der Waals surface area contributed by atoms with Crippen molar-refractivity contribution in [1.29, 1.82) is 0 Å². The van der Waals surface area contributed by atoms with Gasteiger partial charge in [0.25, 0.3) is 0 Å². The lowest BCUT2D eigenvalue weighted by Gasteiger charge is -2.11. The Balaban J connectivity index is 2.33. The van der Waals surface area contributed by atoms with Crippen LogP contribution in [0, 0.1) is 6.92 Å². The Morgan fingerprint density at radius 2 is 2.06 bits per heavy atom. The van der Waals surface area contributed by atoms with E-state index in [0.29, 0.717) is 0 Å². The molecule has 0 bridgehead atoms. The molecule has 0 radical (unpaired) electrons. The fraction of sp³-hybridized carbons (Fsp3) is 0.294. The average Bonchev–Trinajstić information content (AvgIpc) is 2.84. The third-order valence-corrected chi connectivity index (χ3v) is 3.55. The maximum absolute atomic E-state index is 4.31. The molecule has 1 aromatic rings. The molecule has 0 heterocycles. The first kappa shape index (κ1) is 12.7. The minimum atomic E-state index is 1.15. The van der Waals surface area contributed by atoms with Crippen molar-refractivity contribution in [3.63, 3.8) is 0 Å². The molecule has 1 N–H and O–H groups in total. The Morgan fingerprint density at radius 1 is 1.28 bits per heavy atom. The molecule has 0 aromatic heterocycles. The van der Waals surface area contributed by atoms with Crippen LogP contribution in [0.25, 0.3) is 5.57 Å². The number of allylic oxidation sites excluding steroid dienone is 4. The highest BCUT2D eigenvalue weighted by Crippen LogP contribution is 2.36. The Hall–Kier alpha value is -1.76. The SMILES string of the molecule is C=C(C1=C(/C=C\NC)CCC1)c1ccccc1C. The molecule has 0 atom stereocenters. The van der Waals surface area contributed by atoms with E-state index in [9.17, 15) is 0 Å². The van der Waals surface area contributed by atoms with Gasteiger partial charge in [-0.05, 0) is 66.3 Å². The average molecular weight is 239 g/mol. The summed E-state index contributed by atoms with van der Waals surface area (Å²) in [4.78, 5) is 0. The number of hydrogen-bond donors (Lipinski definition) is 1. The smallest absolute Gasteiger partial charge is 0.00277 e. The molecule has 1 nitrogen and oxygen atoms in total. The molecule has 0 saturated heterocycles. The molecular weight excluding hydrogens is 218 g/mol. The third-order valence-electron chi connectivity index (χ3n) is 3.55. The first-order chi connectivity index (χ1) is 8.74. The maximum atomic E-state index is 4.31. The summed E-state index contributed by atoms with van der Waals surface area (Å²) in [6.45, 7) is 6.47. The van der Waals surface area contributed by atoms with Gasteiger partial charge in [-0.2, -0.15) is 0 Å². The fourth-order valence-electron chi connectivity index (χ4n) is 2.55. The molecule has 18 heavy (non-hydrogen) atoms. The van der Waals surface area contributed by atoms with Crippen LogP contribution in [0.4, 0.5) is 0 Å². The minimum Gasteiger partial charge on any atom is -0.394 e. The summed E-state index contributed by atoms with van der Waals surface area (Å²) < 4.78 is 0. The van der Waals surface area contributed by atoms with Crippen molar-refractivity contribution in [2.75, 3.05) is 7.05 Å². The zero-order valence-corrected chi connectivity index (χ0v) is 11.3. The zero-order chi connectivity index (χ0) is 13.0. The van der Waals surface area contributed by atoms with E-state index >= 15 is 0 Å². The van der Waals surface area contributed by atoms with Gasteiger partial charge < -0.3 is 5.32 Å². The topological polar surface area (TPSA) is 12.0 Å². The largest absolute Gasteiger partial charge is 0.394 e. The molecule has 0 unspecified atom stereocenters. The summed E-state index contributed by atoms with van der Waals surface area (Å²) in [7, 11) is 1.93. The second-order valence-corrected chi connectivity index (χ2v) is 4.77. The van der Waals surface area contributed by atoms with Crippen LogP contribution in [0.5, 0.6) is 0 Å². The van der Waals surface area contributed by atoms with Gasteiger partial charge in [0.1, 0.15) is 0 Å². The van der Waals surface area contributed by atoms with E-state index in [4.69, 9.17) is 0 Å². The number of benzene rings is 1. The predicted octanol–water partition coefficient (Wildman–Crippen LogP) is 4.22. The zero-order valence-electron chi connectivity index (χ0n) is 11.3. The highest BCUT2D eigenvalue weighted by Gasteiger charge is 2.16. The van der Waals surface area contributed by atoms with Gasteiger partial charge in [0, 0.05) is 7.05 Å². The number of aryl methyl sites for hydroxylation is 1. The molecule has 94 valence electrons. The molecule has 0 spiro atoms. The summed E-state index contributed by atoms with van der Waals surface area (Å²) in [5.41, 5.74) is 6.64. The highest BCUT2D eigenvalue weighted by molar-refractivity contribution is 5.80. The van der Waals surface area contributed by atoms with E-state index < -0.39 is 0 Å².